The summed E-state index contributed by atoms with van der Waals surface area (Å²) in [5, 5.41) is 0.794. The van der Waals surface area contributed by atoms with Gasteiger partial charge in [-0.3, -0.25) is 4.98 Å². The number of aromatic nitrogens is 2. The highest BCUT2D eigenvalue weighted by atomic mass is 32.1. The maximum Gasteiger partial charge on any atom is 0.358 e. The zero-order valence-electron chi connectivity index (χ0n) is 10.6. The van der Waals surface area contributed by atoms with Crippen LogP contribution in [0.2, 0.25) is 0 Å². The fraction of sp³-hybridized carbons (Fsp3) is 0.308. The van der Waals surface area contributed by atoms with Crippen molar-refractivity contribution in [3.8, 4) is 10.6 Å². The summed E-state index contributed by atoms with van der Waals surface area (Å²) in [5.74, 6) is -0.363. The van der Waals surface area contributed by atoms with E-state index in [1.165, 1.54) is 11.3 Å². The van der Waals surface area contributed by atoms with Crippen LogP contribution in [0.1, 0.15) is 28.0 Å². The minimum Gasteiger partial charge on any atom is -0.461 e. The van der Waals surface area contributed by atoms with E-state index in [1.807, 2.05) is 26.0 Å². The maximum atomic E-state index is 11.7. The molecule has 2 rings (SSSR count). The second kappa shape index (κ2) is 5.27. The normalized spacial score (nSPS) is 10.4. The van der Waals surface area contributed by atoms with Crippen molar-refractivity contribution in [1.29, 1.82) is 0 Å². The number of hydrogen-bond acceptors (Lipinski definition) is 5. The SMILES string of the molecule is CCOC(=O)c1nc(-c2ccc(C)nc2)sc1C. The number of rotatable bonds is 3. The second-order valence-corrected chi connectivity index (χ2v) is 5.04. The number of nitrogens with zero attached hydrogens (tertiary/aromatic N) is 2. The number of hydrogen-bond donors (Lipinski definition) is 0. The van der Waals surface area contributed by atoms with Crippen molar-refractivity contribution in [2.45, 2.75) is 20.8 Å². The molecule has 0 amide bonds. The first kappa shape index (κ1) is 12.7. The average Bonchev–Trinajstić information content (AvgIpc) is 2.72. The Labute approximate surface area is 110 Å². The van der Waals surface area contributed by atoms with E-state index in [9.17, 15) is 4.79 Å². The van der Waals surface area contributed by atoms with Gasteiger partial charge in [-0.1, -0.05) is 0 Å². The van der Waals surface area contributed by atoms with E-state index >= 15 is 0 Å². The molecule has 0 atom stereocenters. The highest BCUT2D eigenvalue weighted by Crippen LogP contribution is 2.27. The third-order valence-corrected chi connectivity index (χ3v) is 3.44. The zero-order valence-corrected chi connectivity index (χ0v) is 11.4. The molecule has 0 saturated carbocycles. The van der Waals surface area contributed by atoms with Crippen LogP contribution in [0.4, 0.5) is 0 Å². The molecule has 0 aliphatic carbocycles. The fourth-order valence-corrected chi connectivity index (χ4v) is 2.39. The molecule has 0 aliphatic heterocycles. The van der Waals surface area contributed by atoms with Gasteiger partial charge >= 0.3 is 5.97 Å². The van der Waals surface area contributed by atoms with Gasteiger partial charge in [-0.15, -0.1) is 11.3 Å². The van der Waals surface area contributed by atoms with Gasteiger partial charge in [0.1, 0.15) is 5.01 Å². The first-order valence-electron chi connectivity index (χ1n) is 5.69. The van der Waals surface area contributed by atoms with E-state index in [4.69, 9.17) is 4.74 Å². The van der Waals surface area contributed by atoms with Crippen molar-refractivity contribution in [3.05, 3.63) is 34.6 Å². The fourth-order valence-electron chi connectivity index (χ4n) is 1.50. The van der Waals surface area contributed by atoms with E-state index in [1.54, 1.807) is 13.1 Å². The minimum atomic E-state index is -0.363. The number of thiazole rings is 1. The molecule has 18 heavy (non-hydrogen) atoms. The molecule has 0 spiro atoms. The molecule has 0 unspecified atom stereocenters. The molecule has 0 radical (unpaired) electrons. The Kier molecular flexibility index (Phi) is 3.72. The molecule has 94 valence electrons. The number of carbonyl (C=O) groups excluding carboxylic acids is 1. The number of ether oxygens (including phenoxy) is 1. The highest BCUT2D eigenvalue weighted by molar-refractivity contribution is 7.15. The maximum absolute atomic E-state index is 11.7. The second-order valence-electron chi connectivity index (χ2n) is 3.83. The smallest absolute Gasteiger partial charge is 0.358 e. The van der Waals surface area contributed by atoms with Crippen molar-refractivity contribution < 1.29 is 9.53 Å². The summed E-state index contributed by atoms with van der Waals surface area (Å²) in [6, 6.07) is 3.88. The largest absolute Gasteiger partial charge is 0.461 e. The third-order valence-electron chi connectivity index (χ3n) is 2.42. The van der Waals surface area contributed by atoms with Gasteiger partial charge in [0.15, 0.2) is 5.69 Å². The average molecular weight is 262 g/mol. The van der Waals surface area contributed by atoms with Gasteiger partial charge in [0.25, 0.3) is 0 Å². The summed E-state index contributed by atoms with van der Waals surface area (Å²) < 4.78 is 4.97. The van der Waals surface area contributed by atoms with Gasteiger partial charge in [0.2, 0.25) is 0 Å². The summed E-state index contributed by atoms with van der Waals surface area (Å²) in [6.07, 6.45) is 1.77. The van der Waals surface area contributed by atoms with Gasteiger partial charge in [-0.05, 0) is 32.9 Å². The number of aryl methyl sites for hydroxylation is 2. The lowest BCUT2D eigenvalue weighted by atomic mass is 10.2. The molecule has 0 bridgehead atoms. The lowest BCUT2D eigenvalue weighted by Crippen LogP contribution is -2.06. The predicted octanol–water partition coefficient (Wildman–Crippen LogP) is 3.00. The Bertz CT molecular complexity index is 561. The van der Waals surface area contributed by atoms with Crippen LogP contribution in [0, 0.1) is 13.8 Å². The van der Waals surface area contributed by atoms with Crippen LogP contribution < -0.4 is 0 Å². The number of pyridine rings is 1. The van der Waals surface area contributed by atoms with Crippen LogP contribution in [0.3, 0.4) is 0 Å². The third kappa shape index (κ3) is 2.56. The van der Waals surface area contributed by atoms with E-state index in [0.717, 1.165) is 21.1 Å². The van der Waals surface area contributed by atoms with Crippen molar-refractivity contribution in [2.24, 2.45) is 0 Å². The van der Waals surface area contributed by atoms with E-state index < -0.39 is 0 Å². The Hall–Kier alpha value is -1.75. The molecular weight excluding hydrogens is 248 g/mol. The lowest BCUT2D eigenvalue weighted by Gasteiger charge is -1.98. The summed E-state index contributed by atoms with van der Waals surface area (Å²) in [6.45, 7) is 5.94. The molecule has 2 aromatic heterocycles. The van der Waals surface area contributed by atoms with Crippen LogP contribution in [0.5, 0.6) is 0 Å². The van der Waals surface area contributed by atoms with Gasteiger partial charge in [0.05, 0.1) is 6.61 Å². The summed E-state index contributed by atoms with van der Waals surface area (Å²) >= 11 is 1.48. The molecule has 0 fully saturated rings. The molecule has 4 nitrogen and oxygen atoms in total. The van der Waals surface area contributed by atoms with Crippen LogP contribution in [0.15, 0.2) is 18.3 Å². The topological polar surface area (TPSA) is 52.1 Å². The Morgan fingerprint density at radius 3 is 2.78 bits per heavy atom. The zero-order chi connectivity index (χ0) is 13.1. The molecule has 0 aromatic carbocycles. The van der Waals surface area contributed by atoms with Crippen molar-refractivity contribution in [2.75, 3.05) is 6.61 Å². The Morgan fingerprint density at radius 1 is 1.39 bits per heavy atom. The molecular formula is C13H14N2O2S. The van der Waals surface area contributed by atoms with Crippen LogP contribution in [-0.4, -0.2) is 22.5 Å². The van der Waals surface area contributed by atoms with E-state index in [-0.39, 0.29) is 5.97 Å². The van der Waals surface area contributed by atoms with Gasteiger partial charge < -0.3 is 4.74 Å². The van der Waals surface area contributed by atoms with E-state index in [0.29, 0.717) is 12.3 Å². The minimum absolute atomic E-state index is 0.358. The molecule has 0 saturated heterocycles. The predicted molar refractivity (Wildman–Crippen MR) is 70.8 cm³/mol. The van der Waals surface area contributed by atoms with Crippen LogP contribution in [-0.2, 0) is 4.74 Å². The van der Waals surface area contributed by atoms with Crippen molar-refractivity contribution in [3.63, 3.8) is 0 Å². The van der Waals surface area contributed by atoms with Gasteiger partial charge in [0, 0.05) is 22.3 Å². The van der Waals surface area contributed by atoms with Gasteiger partial charge in [-0.2, -0.15) is 0 Å². The molecule has 2 heterocycles. The van der Waals surface area contributed by atoms with Crippen LogP contribution in [0.25, 0.3) is 10.6 Å². The lowest BCUT2D eigenvalue weighted by molar-refractivity contribution is 0.0519. The Balaban J connectivity index is 2.34. The standard InChI is InChI=1S/C13H14N2O2S/c1-4-17-13(16)11-9(3)18-12(15-11)10-6-5-8(2)14-7-10/h5-7H,4H2,1-3H3. The van der Waals surface area contributed by atoms with Crippen LogP contribution >= 0.6 is 11.3 Å². The van der Waals surface area contributed by atoms with E-state index in [2.05, 4.69) is 9.97 Å². The monoisotopic (exact) mass is 262 g/mol. The summed E-state index contributed by atoms with van der Waals surface area (Å²) in [5.41, 5.74) is 2.28. The summed E-state index contributed by atoms with van der Waals surface area (Å²) in [4.78, 5) is 21.1. The molecule has 0 aliphatic rings. The number of esters is 1. The van der Waals surface area contributed by atoms with Gasteiger partial charge in [-0.25, -0.2) is 9.78 Å². The molecule has 0 N–H and O–H groups in total. The Morgan fingerprint density at radius 2 is 2.17 bits per heavy atom. The van der Waals surface area contributed by atoms with Crippen molar-refractivity contribution >= 4 is 17.3 Å². The highest BCUT2D eigenvalue weighted by Gasteiger charge is 2.17. The number of carbonyl (C=O) groups is 1. The first-order chi connectivity index (χ1) is 8.61. The molecule has 2 aromatic rings. The first-order valence-corrected chi connectivity index (χ1v) is 6.51. The van der Waals surface area contributed by atoms with Crippen molar-refractivity contribution in [1.82, 2.24) is 9.97 Å². The summed E-state index contributed by atoms with van der Waals surface area (Å²) in [7, 11) is 0. The molecule has 5 heteroatoms. The quantitative estimate of drug-likeness (QED) is 0.798.